The van der Waals surface area contributed by atoms with Gasteiger partial charge in [0.2, 0.25) is 5.91 Å². The molecule has 4 nitrogen and oxygen atoms in total. The van der Waals surface area contributed by atoms with Crippen LogP contribution < -0.4 is 11.1 Å². The largest absolute Gasteiger partial charge is 0.370 e. The Morgan fingerprint density at radius 1 is 1.50 bits per heavy atom. The first-order valence-corrected chi connectivity index (χ1v) is 5.56. The van der Waals surface area contributed by atoms with Gasteiger partial charge in [-0.2, -0.15) is 0 Å². The summed E-state index contributed by atoms with van der Waals surface area (Å²) >= 11 is 0. The molecule has 0 radical (unpaired) electrons. The van der Waals surface area contributed by atoms with Gasteiger partial charge in [0.25, 0.3) is 0 Å². The van der Waals surface area contributed by atoms with Crippen molar-refractivity contribution in [2.24, 2.45) is 5.73 Å². The normalized spacial score (nSPS) is 12.2. The monoisotopic (exact) mass is 258 g/mol. The predicted octanol–water partition coefficient (Wildman–Crippen LogP) is 1.12. The van der Waals surface area contributed by atoms with Crippen LogP contribution >= 0.6 is 0 Å². The lowest BCUT2D eigenvalue weighted by atomic mass is 10.1. The van der Waals surface area contributed by atoms with E-state index >= 15 is 0 Å². The van der Waals surface area contributed by atoms with Crippen LogP contribution in [0.2, 0.25) is 0 Å². The molecule has 3 N–H and O–H groups in total. The van der Waals surface area contributed by atoms with Gasteiger partial charge in [-0.25, -0.2) is 8.78 Å². The summed E-state index contributed by atoms with van der Waals surface area (Å²) in [5, 5.41) is 2.55. The average Bonchev–Trinajstić information content (AvgIpc) is 2.28. The molecule has 0 aliphatic carbocycles. The highest BCUT2D eigenvalue weighted by atomic mass is 19.1. The van der Waals surface area contributed by atoms with Gasteiger partial charge in [-0.05, 0) is 13.0 Å². The lowest BCUT2D eigenvalue weighted by molar-refractivity contribution is -0.126. The van der Waals surface area contributed by atoms with Crippen LogP contribution in [-0.4, -0.2) is 25.7 Å². The Morgan fingerprint density at radius 2 is 2.22 bits per heavy atom. The van der Waals surface area contributed by atoms with Gasteiger partial charge in [-0.1, -0.05) is 6.07 Å². The molecule has 0 aliphatic rings. The number of carbonyl (C=O) groups excluding carboxylic acids is 1. The van der Waals surface area contributed by atoms with Gasteiger partial charge in [0.1, 0.15) is 18.2 Å². The first-order chi connectivity index (χ1) is 8.54. The molecule has 1 aromatic carbocycles. The Hall–Kier alpha value is -1.53. The average molecular weight is 258 g/mol. The van der Waals surface area contributed by atoms with Crippen molar-refractivity contribution in [1.82, 2.24) is 5.32 Å². The number of rotatable bonds is 6. The van der Waals surface area contributed by atoms with Gasteiger partial charge in [0.05, 0.1) is 12.6 Å². The van der Waals surface area contributed by atoms with Crippen LogP contribution in [0.15, 0.2) is 18.2 Å². The lowest BCUT2D eigenvalue weighted by Gasteiger charge is -2.15. The Bertz CT molecular complexity index is 413. The highest BCUT2D eigenvalue weighted by Crippen LogP contribution is 2.17. The quantitative estimate of drug-likeness (QED) is 0.751. The molecule has 0 fully saturated rings. The fourth-order valence-electron chi connectivity index (χ4n) is 1.46. The number of amides is 1. The van der Waals surface area contributed by atoms with Crippen molar-refractivity contribution in [3.05, 3.63) is 35.4 Å². The van der Waals surface area contributed by atoms with Crippen LogP contribution in [0.3, 0.4) is 0 Å². The molecule has 100 valence electrons. The van der Waals surface area contributed by atoms with Gasteiger partial charge >= 0.3 is 0 Å². The number of nitrogens with two attached hydrogens (primary N) is 1. The van der Waals surface area contributed by atoms with Crippen LogP contribution in [0.1, 0.15) is 18.5 Å². The number of carbonyl (C=O) groups is 1. The van der Waals surface area contributed by atoms with Gasteiger partial charge in [-0.3, -0.25) is 4.79 Å². The number of hydrogen-bond donors (Lipinski definition) is 2. The molecule has 1 rings (SSSR count). The zero-order valence-electron chi connectivity index (χ0n) is 10.1. The van der Waals surface area contributed by atoms with Crippen molar-refractivity contribution in [3.63, 3.8) is 0 Å². The third kappa shape index (κ3) is 4.38. The zero-order valence-corrected chi connectivity index (χ0v) is 10.1. The first kappa shape index (κ1) is 14.5. The van der Waals surface area contributed by atoms with E-state index in [2.05, 4.69) is 5.32 Å². The van der Waals surface area contributed by atoms with Crippen molar-refractivity contribution in [1.29, 1.82) is 0 Å². The fraction of sp³-hybridized carbons (Fsp3) is 0.417. The van der Waals surface area contributed by atoms with Crippen molar-refractivity contribution in [2.75, 3.05) is 19.8 Å². The fourth-order valence-corrected chi connectivity index (χ4v) is 1.46. The van der Waals surface area contributed by atoms with Crippen molar-refractivity contribution in [2.45, 2.75) is 13.0 Å². The van der Waals surface area contributed by atoms with E-state index in [9.17, 15) is 13.6 Å². The second-order valence-corrected chi connectivity index (χ2v) is 3.80. The molecule has 1 amide bonds. The van der Waals surface area contributed by atoms with Crippen LogP contribution in [0.25, 0.3) is 0 Å². The number of hydrogen-bond acceptors (Lipinski definition) is 3. The maximum atomic E-state index is 13.4. The molecule has 6 heteroatoms. The predicted molar refractivity (Wildman–Crippen MR) is 62.8 cm³/mol. The van der Waals surface area contributed by atoms with E-state index in [1.54, 1.807) is 6.92 Å². The molecule has 0 saturated carbocycles. The maximum Gasteiger partial charge on any atom is 0.246 e. The van der Waals surface area contributed by atoms with Gasteiger partial charge in [-0.15, -0.1) is 0 Å². The smallest absolute Gasteiger partial charge is 0.246 e. The molecule has 0 aromatic heterocycles. The Kier molecular flexibility index (Phi) is 5.67. The summed E-state index contributed by atoms with van der Waals surface area (Å²) in [6.45, 7) is 2.09. The molecular formula is C12H16F2N2O2. The van der Waals surface area contributed by atoms with Gasteiger partial charge in [0, 0.05) is 18.2 Å². The van der Waals surface area contributed by atoms with E-state index in [1.807, 2.05) is 0 Å². The van der Waals surface area contributed by atoms with Crippen LogP contribution in [0.4, 0.5) is 8.78 Å². The standard InChI is InChI=1S/C12H16F2N2O2/c1-8(16-12(17)7-18-5-4-15)10-3-2-9(13)6-11(10)14/h2-3,6,8H,4-5,7,15H2,1H3,(H,16,17). The number of halogens is 2. The third-order valence-corrected chi connectivity index (χ3v) is 2.30. The van der Waals surface area contributed by atoms with Gasteiger partial charge in [0.15, 0.2) is 0 Å². The Morgan fingerprint density at radius 3 is 2.83 bits per heavy atom. The first-order valence-electron chi connectivity index (χ1n) is 5.56. The minimum Gasteiger partial charge on any atom is -0.370 e. The summed E-state index contributed by atoms with van der Waals surface area (Å²) in [7, 11) is 0. The highest BCUT2D eigenvalue weighted by molar-refractivity contribution is 5.77. The Balaban J connectivity index is 2.54. The minimum absolute atomic E-state index is 0.135. The van der Waals surface area contributed by atoms with Crippen molar-refractivity contribution in [3.8, 4) is 0 Å². The van der Waals surface area contributed by atoms with E-state index in [0.29, 0.717) is 6.54 Å². The SMILES string of the molecule is CC(NC(=O)COCCN)c1ccc(F)cc1F. The second kappa shape index (κ2) is 7.03. The molecule has 0 heterocycles. The van der Waals surface area contributed by atoms with Crippen molar-refractivity contribution >= 4 is 5.91 Å². The van der Waals surface area contributed by atoms with Crippen molar-refractivity contribution < 1.29 is 18.3 Å². The van der Waals surface area contributed by atoms with E-state index in [0.717, 1.165) is 12.1 Å². The topological polar surface area (TPSA) is 64.3 Å². The van der Waals surface area contributed by atoms with Gasteiger partial charge < -0.3 is 15.8 Å². The minimum atomic E-state index is -0.689. The lowest BCUT2D eigenvalue weighted by Crippen LogP contribution is -2.31. The third-order valence-electron chi connectivity index (χ3n) is 2.30. The molecule has 1 unspecified atom stereocenters. The maximum absolute atomic E-state index is 13.4. The number of benzene rings is 1. The van der Waals surface area contributed by atoms with Crippen LogP contribution in [0.5, 0.6) is 0 Å². The zero-order chi connectivity index (χ0) is 13.5. The summed E-state index contributed by atoms with van der Waals surface area (Å²) < 4.78 is 31.1. The van der Waals surface area contributed by atoms with E-state index in [4.69, 9.17) is 10.5 Å². The van der Waals surface area contributed by atoms with E-state index < -0.39 is 17.7 Å². The van der Waals surface area contributed by atoms with Crippen LogP contribution in [-0.2, 0) is 9.53 Å². The summed E-state index contributed by atoms with van der Waals surface area (Å²) in [6.07, 6.45) is 0. The summed E-state index contributed by atoms with van der Waals surface area (Å²) in [5.74, 6) is -1.72. The molecule has 18 heavy (non-hydrogen) atoms. The Labute approximate surface area is 104 Å². The molecule has 1 aromatic rings. The molecular weight excluding hydrogens is 242 g/mol. The molecule has 0 spiro atoms. The number of ether oxygens (including phenoxy) is 1. The van der Waals surface area contributed by atoms with E-state index in [1.165, 1.54) is 6.07 Å². The summed E-state index contributed by atoms with van der Waals surface area (Å²) in [4.78, 5) is 11.4. The molecule has 0 saturated heterocycles. The second-order valence-electron chi connectivity index (χ2n) is 3.80. The highest BCUT2D eigenvalue weighted by Gasteiger charge is 2.14. The molecule has 1 atom stereocenters. The summed E-state index contributed by atoms with van der Waals surface area (Å²) in [6, 6.07) is 2.67. The molecule has 0 bridgehead atoms. The molecule has 0 aliphatic heterocycles. The van der Waals surface area contributed by atoms with Crippen LogP contribution in [0, 0.1) is 11.6 Å². The summed E-state index contributed by atoms with van der Waals surface area (Å²) in [5.41, 5.74) is 5.42. The number of nitrogens with one attached hydrogen (secondary N) is 1. The van der Waals surface area contributed by atoms with E-state index in [-0.39, 0.29) is 24.7 Å².